The maximum Gasteiger partial charge on any atom is 0.256 e. The van der Waals surface area contributed by atoms with Crippen molar-refractivity contribution in [3.05, 3.63) is 30.1 Å². The Hall–Kier alpha value is -1.53. The van der Waals surface area contributed by atoms with Gasteiger partial charge in [-0.1, -0.05) is 0 Å². The summed E-state index contributed by atoms with van der Waals surface area (Å²) in [6.45, 7) is 1.53. The molecule has 0 radical (unpaired) electrons. The summed E-state index contributed by atoms with van der Waals surface area (Å²) in [5, 5.41) is 0.903. The second-order valence-electron chi connectivity index (χ2n) is 6.21. The Morgan fingerprint density at radius 1 is 1.48 bits per heavy atom. The first kappa shape index (κ1) is 15.0. The number of amides is 1. The number of nitrogens with zero attached hydrogens (tertiary/aromatic N) is 2. The van der Waals surface area contributed by atoms with Gasteiger partial charge in [-0.05, 0) is 37.1 Å². The third-order valence-electron chi connectivity index (χ3n) is 4.71. The van der Waals surface area contributed by atoms with E-state index < -0.39 is 0 Å². The van der Waals surface area contributed by atoms with E-state index in [0.29, 0.717) is 12.6 Å². The molecule has 0 spiro atoms. The van der Waals surface area contributed by atoms with Gasteiger partial charge in [0, 0.05) is 42.7 Å². The molecule has 2 aliphatic heterocycles. The van der Waals surface area contributed by atoms with Crippen molar-refractivity contribution in [3.8, 4) is 0 Å². The zero-order valence-electron chi connectivity index (χ0n) is 13.0. The molecule has 1 amide bonds. The number of nitrogens with one attached hydrogen (secondary N) is 1. The average molecular weight is 331 g/mol. The summed E-state index contributed by atoms with van der Waals surface area (Å²) >= 11 is 1.93. The van der Waals surface area contributed by atoms with Gasteiger partial charge in [0.2, 0.25) is 0 Å². The van der Waals surface area contributed by atoms with E-state index in [1.807, 2.05) is 28.8 Å². The smallest absolute Gasteiger partial charge is 0.256 e. The summed E-state index contributed by atoms with van der Waals surface area (Å²) in [6.07, 6.45) is 6.95. The van der Waals surface area contributed by atoms with Crippen LogP contribution in [0.15, 0.2) is 24.5 Å². The predicted molar refractivity (Wildman–Crippen MR) is 91.8 cm³/mol. The third-order valence-corrected chi connectivity index (χ3v) is 5.86. The van der Waals surface area contributed by atoms with E-state index in [4.69, 9.17) is 4.74 Å². The second kappa shape index (κ2) is 6.53. The first-order chi connectivity index (χ1) is 11.3. The third kappa shape index (κ3) is 2.97. The molecular formula is C17H21N3O2S. The SMILES string of the molecule is O=C(c1c[nH]c2ncccc12)N(C[C@H]1CCCO1)[C@H]1CCSC1. The summed E-state index contributed by atoms with van der Waals surface area (Å²) < 4.78 is 5.78. The van der Waals surface area contributed by atoms with Crippen LogP contribution in [-0.4, -0.2) is 57.6 Å². The van der Waals surface area contributed by atoms with E-state index in [1.165, 1.54) is 0 Å². The zero-order chi connectivity index (χ0) is 15.6. The van der Waals surface area contributed by atoms with Crippen LogP contribution in [0.5, 0.6) is 0 Å². The molecule has 23 heavy (non-hydrogen) atoms. The average Bonchev–Trinajstić information content (AvgIpc) is 3.32. The lowest BCUT2D eigenvalue weighted by atomic mass is 10.1. The molecule has 0 saturated carbocycles. The molecule has 2 saturated heterocycles. The summed E-state index contributed by atoms with van der Waals surface area (Å²) in [6, 6.07) is 4.15. The molecule has 2 atom stereocenters. The molecular weight excluding hydrogens is 310 g/mol. The van der Waals surface area contributed by atoms with E-state index >= 15 is 0 Å². The molecule has 6 heteroatoms. The van der Waals surface area contributed by atoms with Gasteiger partial charge in [-0.15, -0.1) is 0 Å². The summed E-state index contributed by atoms with van der Waals surface area (Å²) in [4.78, 5) is 22.7. The lowest BCUT2D eigenvalue weighted by molar-refractivity contribution is 0.0443. The van der Waals surface area contributed by atoms with Crippen LogP contribution in [0.3, 0.4) is 0 Å². The normalized spacial score (nSPS) is 24.3. The number of aromatic nitrogens is 2. The number of carbonyl (C=O) groups is 1. The van der Waals surface area contributed by atoms with E-state index in [-0.39, 0.29) is 12.0 Å². The summed E-state index contributed by atoms with van der Waals surface area (Å²) in [5.74, 6) is 2.27. The Morgan fingerprint density at radius 2 is 2.43 bits per heavy atom. The fraction of sp³-hybridized carbons (Fsp3) is 0.529. The van der Waals surface area contributed by atoms with Gasteiger partial charge < -0.3 is 14.6 Å². The van der Waals surface area contributed by atoms with Gasteiger partial charge in [-0.25, -0.2) is 4.98 Å². The molecule has 2 fully saturated rings. The van der Waals surface area contributed by atoms with Crippen molar-refractivity contribution in [2.75, 3.05) is 24.7 Å². The molecule has 2 aliphatic rings. The molecule has 122 valence electrons. The van der Waals surface area contributed by atoms with Crippen molar-refractivity contribution in [1.29, 1.82) is 0 Å². The number of ether oxygens (including phenoxy) is 1. The molecule has 2 aromatic rings. The van der Waals surface area contributed by atoms with Crippen molar-refractivity contribution in [3.63, 3.8) is 0 Å². The number of carbonyl (C=O) groups excluding carboxylic acids is 1. The topological polar surface area (TPSA) is 58.2 Å². The predicted octanol–water partition coefficient (Wildman–Crippen LogP) is 2.69. The Kier molecular flexibility index (Phi) is 4.27. The molecule has 4 heterocycles. The van der Waals surface area contributed by atoms with Crippen molar-refractivity contribution in [2.45, 2.75) is 31.4 Å². The van der Waals surface area contributed by atoms with Crippen LogP contribution in [0.2, 0.25) is 0 Å². The molecule has 2 aromatic heterocycles. The quantitative estimate of drug-likeness (QED) is 0.936. The van der Waals surface area contributed by atoms with Crippen LogP contribution in [0.4, 0.5) is 0 Å². The molecule has 0 bridgehead atoms. The van der Waals surface area contributed by atoms with Crippen LogP contribution < -0.4 is 0 Å². The zero-order valence-corrected chi connectivity index (χ0v) is 13.8. The minimum Gasteiger partial charge on any atom is -0.376 e. The number of fused-ring (bicyclic) bond motifs is 1. The Bertz CT molecular complexity index is 690. The van der Waals surface area contributed by atoms with E-state index in [2.05, 4.69) is 9.97 Å². The number of rotatable bonds is 4. The Balaban J connectivity index is 1.62. The van der Waals surface area contributed by atoms with Crippen LogP contribution >= 0.6 is 11.8 Å². The van der Waals surface area contributed by atoms with Crippen molar-refractivity contribution in [1.82, 2.24) is 14.9 Å². The van der Waals surface area contributed by atoms with Crippen LogP contribution in [0, 0.1) is 0 Å². The van der Waals surface area contributed by atoms with Crippen molar-refractivity contribution < 1.29 is 9.53 Å². The number of pyridine rings is 1. The number of H-pyrrole nitrogens is 1. The highest BCUT2D eigenvalue weighted by Crippen LogP contribution is 2.27. The van der Waals surface area contributed by atoms with Gasteiger partial charge in [-0.3, -0.25) is 4.79 Å². The molecule has 5 nitrogen and oxygen atoms in total. The van der Waals surface area contributed by atoms with Crippen molar-refractivity contribution >= 4 is 28.7 Å². The fourth-order valence-corrected chi connectivity index (χ4v) is 4.69. The minimum absolute atomic E-state index is 0.104. The number of hydrogen-bond acceptors (Lipinski definition) is 4. The van der Waals surface area contributed by atoms with Gasteiger partial charge in [0.15, 0.2) is 0 Å². The first-order valence-electron chi connectivity index (χ1n) is 8.25. The fourth-order valence-electron chi connectivity index (χ4n) is 3.46. The largest absolute Gasteiger partial charge is 0.376 e. The molecule has 4 rings (SSSR count). The number of thioether (sulfide) groups is 1. The van der Waals surface area contributed by atoms with Crippen LogP contribution in [0.1, 0.15) is 29.6 Å². The van der Waals surface area contributed by atoms with E-state index in [1.54, 1.807) is 12.4 Å². The standard InChI is InChI=1S/C17H21N3O2S/c21-17(15-9-19-16-14(15)4-1-6-18-16)20(12-5-8-23-11-12)10-13-3-2-7-22-13/h1,4,6,9,12-13H,2-3,5,7-8,10-11H2,(H,18,19)/t12-,13+/m0/s1. The van der Waals surface area contributed by atoms with E-state index in [9.17, 15) is 4.79 Å². The highest BCUT2D eigenvalue weighted by molar-refractivity contribution is 7.99. The lowest BCUT2D eigenvalue weighted by Gasteiger charge is -2.30. The van der Waals surface area contributed by atoms with Gasteiger partial charge >= 0.3 is 0 Å². The first-order valence-corrected chi connectivity index (χ1v) is 9.41. The highest BCUT2D eigenvalue weighted by atomic mass is 32.2. The molecule has 0 aromatic carbocycles. The van der Waals surface area contributed by atoms with Crippen LogP contribution in [0.25, 0.3) is 11.0 Å². The van der Waals surface area contributed by atoms with E-state index in [0.717, 1.165) is 54.0 Å². The molecule has 0 unspecified atom stereocenters. The summed E-state index contributed by atoms with van der Waals surface area (Å²) in [7, 11) is 0. The number of hydrogen-bond donors (Lipinski definition) is 1. The Morgan fingerprint density at radius 3 is 3.22 bits per heavy atom. The van der Waals surface area contributed by atoms with Gasteiger partial charge in [0.25, 0.3) is 5.91 Å². The van der Waals surface area contributed by atoms with Crippen molar-refractivity contribution in [2.24, 2.45) is 0 Å². The maximum absolute atomic E-state index is 13.2. The van der Waals surface area contributed by atoms with Crippen LogP contribution in [-0.2, 0) is 4.74 Å². The van der Waals surface area contributed by atoms with Gasteiger partial charge in [0.1, 0.15) is 5.65 Å². The monoisotopic (exact) mass is 331 g/mol. The van der Waals surface area contributed by atoms with Gasteiger partial charge in [0.05, 0.1) is 11.7 Å². The number of aromatic amines is 1. The highest BCUT2D eigenvalue weighted by Gasteiger charge is 2.32. The second-order valence-corrected chi connectivity index (χ2v) is 7.36. The minimum atomic E-state index is 0.104. The maximum atomic E-state index is 13.2. The lowest BCUT2D eigenvalue weighted by Crippen LogP contribution is -2.44. The Labute approximate surface area is 139 Å². The van der Waals surface area contributed by atoms with Gasteiger partial charge in [-0.2, -0.15) is 11.8 Å². The molecule has 1 N–H and O–H groups in total. The summed E-state index contributed by atoms with van der Waals surface area (Å²) in [5.41, 5.74) is 1.50. The molecule has 0 aliphatic carbocycles.